The van der Waals surface area contributed by atoms with Crippen LogP contribution in [0.1, 0.15) is 149 Å². The summed E-state index contributed by atoms with van der Waals surface area (Å²) in [4.78, 5) is 12.1. The SMILES string of the molecule is CCCCCCCCCCCCCCCCCCCCCC(=O)NC(CC)[N+](C)(C)C.[Cl-]. The van der Waals surface area contributed by atoms with E-state index < -0.39 is 0 Å². The highest BCUT2D eigenvalue weighted by Gasteiger charge is 2.22. The van der Waals surface area contributed by atoms with Crippen molar-refractivity contribution >= 4 is 5.91 Å². The molecule has 0 aliphatic carbocycles. The van der Waals surface area contributed by atoms with Gasteiger partial charge in [-0.25, -0.2) is 0 Å². The molecule has 0 spiro atoms. The van der Waals surface area contributed by atoms with Crippen molar-refractivity contribution in [3.63, 3.8) is 0 Å². The summed E-state index contributed by atoms with van der Waals surface area (Å²) < 4.78 is 0.793. The maximum Gasteiger partial charge on any atom is 0.224 e. The Balaban J connectivity index is 0. The van der Waals surface area contributed by atoms with E-state index in [1.165, 1.54) is 116 Å². The minimum absolute atomic E-state index is 0. The second kappa shape index (κ2) is 23.9. The average molecular weight is 475 g/mol. The summed E-state index contributed by atoms with van der Waals surface area (Å²) in [7, 11) is 6.43. The Morgan fingerprint density at radius 1 is 0.594 bits per heavy atom. The Morgan fingerprint density at radius 2 is 0.906 bits per heavy atom. The molecular formula is C28H59ClN2O. The number of amides is 1. The summed E-state index contributed by atoms with van der Waals surface area (Å²) in [5, 5.41) is 3.20. The lowest BCUT2D eigenvalue weighted by molar-refractivity contribution is -0.898. The van der Waals surface area contributed by atoms with Gasteiger partial charge in [-0.1, -0.05) is 129 Å². The lowest BCUT2D eigenvalue weighted by Crippen LogP contribution is -3.00. The van der Waals surface area contributed by atoms with Crippen LogP contribution < -0.4 is 17.7 Å². The number of nitrogens with zero attached hydrogens (tertiary/aromatic N) is 1. The fourth-order valence-corrected chi connectivity index (χ4v) is 4.47. The van der Waals surface area contributed by atoms with Crippen LogP contribution in [-0.2, 0) is 4.79 Å². The lowest BCUT2D eigenvalue weighted by atomic mass is 10.0. The molecule has 1 N–H and O–H groups in total. The lowest BCUT2D eigenvalue weighted by Gasteiger charge is -2.33. The molecule has 1 atom stereocenters. The highest BCUT2D eigenvalue weighted by Crippen LogP contribution is 2.15. The van der Waals surface area contributed by atoms with Crippen molar-refractivity contribution in [3.8, 4) is 0 Å². The monoisotopic (exact) mass is 474 g/mol. The van der Waals surface area contributed by atoms with Gasteiger partial charge in [-0.2, -0.15) is 0 Å². The number of quaternary nitrogens is 1. The molecule has 0 aromatic heterocycles. The van der Waals surface area contributed by atoms with Crippen LogP contribution in [0.2, 0.25) is 0 Å². The third-order valence-corrected chi connectivity index (χ3v) is 6.66. The maximum absolute atomic E-state index is 12.1. The van der Waals surface area contributed by atoms with Gasteiger partial charge in [-0.15, -0.1) is 0 Å². The summed E-state index contributed by atoms with van der Waals surface area (Å²) >= 11 is 0. The van der Waals surface area contributed by atoms with E-state index in [1.54, 1.807) is 0 Å². The summed E-state index contributed by atoms with van der Waals surface area (Å²) in [6, 6.07) is 0. The van der Waals surface area contributed by atoms with Crippen molar-refractivity contribution in [3.05, 3.63) is 0 Å². The van der Waals surface area contributed by atoms with Gasteiger partial charge in [0.2, 0.25) is 5.91 Å². The standard InChI is InChI=1S/C28H58N2O.ClH/c1-6-8-9-10-11-12-13-14-15-16-17-18-19-20-21-22-23-24-25-26-28(31)29-27(7-2)30(3,4)5;/h27H,6-26H2,1-5H3;1H. The van der Waals surface area contributed by atoms with Gasteiger partial charge in [0.1, 0.15) is 0 Å². The van der Waals surface area contributed by atoms with Crippen LogP contribution in [-0.4, -0.2) is 37.7 Å². The number of nitrogens with one attached hydrogen (secondary N) is 1. The van der Waals surface area contributed by atoms with Crippen molar-refractivity contribution in [2.75, 3.05) is 21.1 Å². The van der Waals surface area contributed by atoms with Crippen LogP contribution in [0.5, 0.6) is 0 Å². The molecular weight excluding hydrogens is 416 g/mol. The predicted molar refractivity (Wildman–Crippen MR) is 138 cm³/mol. The van der Waals surface area contributed by atoms with Crippen molar-refractivity contribution in [1.82, 2.24) is 5.32 Å². The van der Waals surface area contributed by atoms with E-state index in [-0.39, 0.29) is 24.5 Å². The number of carbonyl (C=O) groups excluding carboxylic acids is 1. The van der Waals surface area contributed by atoms with Gasteiger partial charge in [-0.3, -0.25) is 4.79 Å². The van der Waals surface area contributed by atoms with E-state index in [4.69, 9.17) is 0 Å². The molecule has 0 heterocycles. The van der Waals surface area contributed by atoms with Crippen molar-refractivity contribution in [1.29, 1.82) is 0 Å². The van der Waals surface area contributed by atoms with Crippen molar-refractivity contribution in [2.45, 2.75) is 155 Å². The molecule has 32 heavy (non-hydrogen) atoms. The molecule has 194 valence electrons. The zero-order valence-electron chi connectivity index (χ0n) is 22.7. The number of carbonyl (C=O) groups is 1. The molecule has 0 radical (unpaired) electrons. The predicted octanol–water partition coefficient (Wildman–Crippen LogP) is 5.37. The van der Waals surface area contributed by atoms with E-state index in [9.17, 15) is 4.79 Å². The molecule has 3 nitrogen and oxygen atoms in total. The Hall–Kier alpha value is -0.280. The molecule has 0 fully saturated rings. The van der Waals surface area contributed by atoms with Gasteiger partial charge >= 0.3 is 0 Å². The quantitative estimate of drug-likeness (QED) is 0.120. The summed E-state index contributed by atoms with van der Waals surface area (Å²) in [6.45, 7) is 4.44. The first-order valence-corrected chi connectivity index (χ1v) is 14.0. The summed E-state index contributed by atoms with van der Waals surface area (Å²) in [6.07, 6.45) is 28.3. The fraction of sp³-hybridized carbons (Fsp3) is 0.964. The molecule has 0 aliphatic heterocycles. The third-order valence-electron chi connectivity index (χ3n) is 6.66. The third kappa shape index (κ3) is 22.9. The zero-order valence-corrected chi connectivity index (χ0v) is 23.4. The highest BCUT2D eigenvalue weighted by molar-refractivity contribution is 5.75. The Labute approximate surface area is 208 Å². The molecule has 0 aromatic carbocycles. The first-order valence-electron chi connectivity index (χ1n) is 14.0. The topological polar surface area (TPSA) is 29.1 Å². The van der Waals surface area contributed by atoms with Crippen LogP contribution in [0.4, 0.5) is 0 Å². The van der Waals surface area contributed by atoms with E-state index in [2.05, 4.69) is 40.3 Å². The average Bonchev–Trinajstić information content (AvgIpc) is 2.72. The van der Waals surface area contributed by atoms with Gasteiger partial charge in [0.05, 0.1) is 21.1 Å². The Bertz CT molecular complexity index is 395. The normalized spacial score (nSPS) is 12.4. The number of hydrogen-bond donors (Lipinski definition) is 1. The number of halogens is 1. The van der Waals surface area contributed by atoms with Gasteiger partial charge in [0.15, 0.2) is 6.17 Å². The second-order valence-corrected chi connectivity index (χ2v) is 10.7. The maximum atomic E-state index is 12.1. The molecule has 0 saturated carbocycles. The largest absolute Gasteiger partial charge is 1.00 e. The first kappa shape index (κ1) is 33.9. The minimum Gasteiger partial charge on any atom is -1.00 e. The van der Waals surface area contributed by atoms with E-state index in [0.29, 0.717) is 6.42 Å². The Morgan fingerprint density at radius 3 is 1.19 bits per heavy atom. The molecule has 1 unspecified atom stereocenters. The van der Waals surface area contributed by atoms with E-state index in [0.717, 1.165) is 17.3 Å². The molecule has 4 heteroatoms. The number of unbranched alkanes of at least 4 members (excludes halogenated alkanes) is 18. The van der Waals surface area contributed by atoms with E-state index >= 15 is 0 Å². The van der Waals surface area contributed by atoms with E-state index in [1.807, 2.05) is 0 Å². The van der Waals surface area contributed by atoms with Crippen LogP contribution in [0.25, 0.3) is 0 Å². The number of hydrogen-bond acceptors (Lipinski definition) is 1. The smallest absolute Gasteiger partial charge is 0.224 e. The molecule has 0 aromatic rings. The van der Waals surface area contributed by atoms with Gasteiger partial charge < -0.3 is 22.2 Å². The number of rotatable bonds is 23. The zero-order chi connectivity index (χ0) is 23.2. The van der Waals surface area contributed by atoms with Crippen LogP contribution in [0.3, 0.4) is 0 Å². The molecule has 0 rings (SSSR count). The minimum atomic E-state index is 0. The second-order valence-electron chi connectivity index (χ2n) is 10.7. The molecule has 0 bridgehead atoms. The molecule has 0 saturated heterocycles. The first-order chi connectivity index (χ1) is 14.9. The Kier molecular flexibility index (Phi) is 25.3. The van der Waals surface area contributed by atoms with Crippen LogP contribution in [0.15, 0.2) is 0 Å². The van der Waals surface area contributed by atoms with Crippen LogP contribution >= 0.6 is 0 Å². The molecule has 1 amide bonds. The molecule has 0 aliphatic rings. The van der Waals surface area contributed by atoms with Crippen LogP contribution in [0, 0.1) is 0 Å². The summed E-state index contributed by atoms with van der Waals surface area (Å²) in [5.74, 6) is 0.229. The van der Waals surface area contributed by atoms with Gasteiger partial charge in [0.25, 0.3) is 0 Å². The van der Waals surface area contributed by atoms with Gasteiger partial charge in [-0.05, 0) is 6.42 Å². The highest BCUT2D eigenvalue weighted by atomic mass is 35.5. The van der Waals surface area contributed by atoms with Gasteiger partial charge in [0, 0.05) is 12.8 Å². The van der Waals surface area contributed by atoms with Crippen molar-refractivity contribution < 1.29 is 21.7 Å². The summed E-state index contributed by atoms with van der Waals surface area (Å²) in [5.41, 5.74) is 0. The van der Waals surface area contributed by atoms with Crippen molar-refractivity contribution in [2.24, 2.45) is 0 Å². The fourth-order valence-electron chi connectivity index (χ4n) is 4.47.